The lowest BCUT2D eigenvalue weighted by Gasteiger charge is -2.20. The Morgan fingerprint density at radius 1 is 1.00 bits per heavy atom. The van der Waals surface area contributed by atoms with Crippen LogP contribution < -0.4 is 14.8 Å². The number of carbonyl (C=O) groups excluding carboxylic acids is 2. The molecule has 1 N–H and O–H groups in total. The van der Waals surface area contributed by atoms with Crippen molar-refractivity contribution in [2.45, 2.75) is 39.1 Å². The van der Waals surface area contributed by atoms with Gasteiger partial charge in [0.2, 0.25) is 0 Å². The molecule has 8 heteroatoms. The van der Waals surface area contributed by atoms with Crippen molar-refractivity contribution < 1.29 is 32.6 Å². The summed E-state index contributed by atoms with van der Waals surface area (Å²) in [6, 6.07) is 14.5. The number of alkyl halides is 2. The summed E-state index contributed by atoms with van der Waals surface area (Å²) in [7, 11) is 0. The van der Waals surface area contributed by atoms with E-state index in [2.05, 4.69) is 10.1 Å². The number of hydrogen-bond acceptors (Lipinski definition) is 5. The van der Waals surface area contributed by atoms with E-state index in [1.165, 1.54) is 25.1 Å². The molecular weight excluding hydrogens is 372 g/mol. The fourth-order valence-corrected chi connectivity index (χ4v) is 2.27. The molecular formula is C20H21F2NO5. The molecule has 0 aliphatic carbocycles. The number of benzene rings is 2. The van der Waals surface area contributed by atoms with Gasteiger partial charge in [0, 0.05) is 0 Å². The molecule has 0 unspecified atom stereocenters. The van der Waals surface area contributed by atoms with Crippen molar-refractivity contribution in [3.63, 3.8) is 0 Å². The van der Waals surface area contributed by atoms with Crippen molar-refractivity contribution in [3.8, 4) is 11.5 Å². The van der Waals surface area contributed by atoms with Gasteiger partial charge in [-0.25, -0.2) is 4.79 Å². The van der Waals surface area contributed by atoms with E-state index in [1.54, 1.807) is 37.3 Å². The van der Waals surface area contributed by atoms with E-state index in [0.29, 0.717) is 12.2 Å². The Morgan fingerprint density at radius 3 is 2.29 bits per heavy atom. The highest BCUT2D eigenvalue weighted by Crippen LogP contribution is 2.25. The molecule has 2 aromatic carbocycles. The van der Waals surface area contributed by atoms with Gasteiger partial charge in [-0.2, -0.15) is 8.78 Å². The zero-order valence-electron chi connectivity index (χ0n) is 15.4. The Balaban J connectivity index is 1.96. The van der Waals surface area contributed by atoms with Gasteiger partial charge >= 0.3 is 12.6 Å². The third kappa shape index (κ3) is 6.22. The van der Waals surface area contributed by atoms with E-state index in [1.807, 2.05) is 6.07 Å². The van der Waals surface area contributed by atoms with E-state index < -0.39 is 30.7 Å². The number of amides is 1. The van der Waals surface area contributed by atoms with Crippen LogP contribution in [0.4, 0.5) is 14.5 Å². The fourth-order valence-electron chi connectivity index (χ4n) is 2.27. The lowest BCUT2D eigenvalue weighted by Crippen LogP contribution is -2.36. The molecule has 0 aromatic heterocycles. The van der Waals surface area contributed by atoms with Gasteiger partial charge in [-0.15, -0.1) is 0 Å². The Bertz CT molecular complexity index is 785. The minimum Gasteiger partial charge on any atom is -0.479 e. The molecule has 0 aliphatic heterocycles. The number of carbonyl (C=O) groups is 2. The highest BCUT2D eigenvalue weighted by molar-refractivity contribution is 5.96. The Hall–Kier alpha value is -3.16. The van der Waals surface area contributed by atoms with Gasteiger partial charge in [0.25, 0.3) is 5.91 Å². The summed E-state index contributed by atoms with van der Waals surface area (Å²) >= 11 is 0. The first-order valence-corrected chi connectivity index (χ1v) is 8.67. The van der Waals surface area contributed by atoms with Crippen LogP contribution in [0.2, 0.25) is 0 Å². The molecule has 6 nitrogen and oxygen atoms in total. The Kier molecular flexibility index (Phi) is 7.74. The normalized spacial score (nSPS) is 12.8. The molecule has 0 radical (unpaired) electrons. The van der Waals surface area contributed by atoms with Gasteiger partial charge in [-0.05, 0) is 37.6 Å². The number of ether oxygens (including phenoxy) is 3. The molecule has 0 heterocycles. The molecule has 0 fully saturated rings. The minimum atomic E-state index is -3.03. The van der Waals surface area contributed by atoms with Crippen LogP contribution in [0.1, 0.15) is 20.3 Å². The van der Waals surface area contributed by atoms with Crippen LogP contribution in [-0.2, 0) is 14.3 Å². The van der Waals surface area contributed by atoms with Gasteiger partial charge in [-0.1, -0.05) is 37.3 Å². The molecule has 0 saturated carbocycles. The second kappa shape index (κ2) is 10.2. The number of nitrogens with one attached hydrogen (secondary N) is 1. The smallest absolute Gasteiger partial charge is 0.387 e. The number of esters is 1. The van der Waals surface area contributed by atoms with E-state index in [9.17, 15) is 18.4 Å². The van der Waals surface area contributed by atoms with Crippen molar-refractivity contribution in [1.29, 1.82) is 0 Å². The summed E-state index contributed by atoms with van der Waals surface area (Å²) in [5.41, 5.74) is 0.0447. The predicted molar refractivity (Wildman–Crippen MR) is 98.4 cm³/mol. The second-order valence-electron chi connectivity index (χ2n) is 5.77. The molecule has 2 atom stereocenters. The zero-order chi connectivity index (χ0) is 20.5. The first kappa shape index (κ1) is 21.1. The topological polar surface area (TPSA) is 73.9 Å². The van der Waals surface area contributed by atoms with E-state index >= 15 is 0 Å². The summed E-state index contributed by atoms with van der Waals surface area (Å²) < 4.78 is 40.0. The average Bonchev–Trinajstić information content (AvgIpc) is 2.67. The summed E-state index contributed by atoms with van der Waals surface area (Å²) in [4.78, 5) is 24.6. The van der Waals surface area contributed by atoms with E-state index in [0.717, 1.165) is 0 Å². The van der Waals surface area contributed by atoms with Crippen LogP contribution in [0.25, 0.3) is 0 Å². The predicted octanol–water partition coefficient (Wildman–Crippen LogP) is 4.02. The van der Waals surface area contributed by atoms with Gasteiger partial charge in [0.15, 0.2) is 12.2 Å². The van der Waals surface area contributed by atoms with Crippen molar-refractivity contribution in [3.05, 3.63) is 54.6 Å². The largest absolute Gasteiger partial charge is 0.479 e. The average molecular weight is 393 g/mol. The zero-order valence-corrected chi connectivity index (χ0v) is 15.4. The van der Waals surface area contributed by atoms with Gasteiger partial charge in [-0.3, -0.25) is 4.79 Å². The quantitative estimate of drug-likeness (QED) is 0.652. The fraction of sp³-hybridized carbons (Fsp3) is 0.300. The molecule has 2 rings (SSSR count). The van der Waals surface area contributed by atoms with Gasteiger partial charge < -0.3 is 19.5 Å². The van der Waals surface area contributed by atoms with Crippen LogP contribution in [0.3, 0.4) is 0 Å². The lowest BCUT2D eigenvalue weighted by atomic mass is 10.2. The monoisotopic (exact) mass is 393 g/mol. The Labute approximate surface area is 161 Å². The molecule has 0 saturated heterocycles. The molecule has 28 heavy (non-hydrogen) atoms. The lowest BCUT2D eigenvalue weighted by molar-refractivity contribution is -0.160. The molecule has 0 aliphatic rings. The van der Waals surface area contributed by atoms with Crippen LogP contribution in [0.5, 0.6) is 11.5 Å². The van der Waals surface area contributed by atoms with Crippen LogP contribution in [0.15, 0.2) is 54.6 Å². The first-order valence-electron chi connectivity index (χ1n) is 8.67. The number of anilines is 1. The number of halogens is 2. The van der Waals surface area contributed by atoms with Crippen LogP contribution in [-0.4, -0.2) is 30.7 Å². The maximum absolute atomic E-state index is 12.5. The SMILES string of the molecule is CC[C@@H](Oc1ccccc1)C(=O)O[C@H](C)C(=O)Nc1ccccc1OC(F)F. The van der Waals surface area contributed by atoms with Crippen molar-refractivity contribution in [1.82, 2.24) is 0 Å². The molecule has 2 aromatic rings. The summed E-state index contributed by atoms with van der Waals surface area (Å²) in [5.74, 6) is -1.08. The highest BCUT2D eigenvalue weighted by Gasteiger charge is 2.26. The number of rotatable bonds is 9. The highest BCUT2D eigenvalue weighted by atomic mass is 19.3. The van der Waals surface area contributed by atoms with Crippen molar-refractivity contribution in [2.24, 2.45) is 0 Å². The number of para-hydroxylation sites is 3. The summed E-state index contributed by atoms with van der Waals surface area (Å²) in [6.07, 6.45) is -1.71. The van der Waals surface area contributed by atoms with Crippen LogP contribution >= 0.6 is 0 Å². The standard InChI is InChI=1S/C20H21F2NO5/c1-3-16(27-14-9-5-4-6-10-14)19(25)26-13(2)18(24)23-15-11-7-8-12-17(15)28-20(21)22/h4-13,16,20H,3H2,1-2H3,(H,23,24)/t13-,16-/m1/s1. The molecule has 1 amide bonds. The molecule has 150 valence electrons. The van der Waals surface area contributed by atoms with Gasteiger partial charge in [0.05, 0.1) is 5.69 Å². The van der Waals surface area contributed by atoms with Crippen molar-refractivity contribution in [2.75, 3.05) is 5.32 Å². The number of hydrogen-bond donors (Lipinski definition) is 1. The van der Waals surface area contributed by atoms with E-state index in [-0.39, 0.29) is 11.4 Å². The first-order chi connectivity index (χ1) is 13.4. The van der Waals surface area contributed by atoms with Gasteiger partial charge in [0.1, 0.15) is 11.5 Å². The third-order valence-electron chi connectivity index (χ3n) is 3.68. The Morgan fingerprint density at radius 2 is 1.64 bits per heavy atom. The third-order valence-corrected chi connectivity index (χ3v) is 3.68. The summed E-state index contributed by atoms with van der Waals surface area (Å²) in [5, 5.41) is 2.41. The maximum atomic E-state index is 12.5. The van der Waals surface area contributed by atoms with Crippen LogP contribution in [0, 0.1) is 0 Å². The molecule has 0 bridgehead atoms. The van der Waals surface area contributed by atoms with E-state index in [4.69, 9.17) is 9.47 Å². The van der Waals surface area contributed by atoms with Crippen molar-refractivity contribution >= 4 is 17.6 Å². The maximum Gasteiger partial charge on any atom is 0.387 e. The molecule has 0 spiro atoms. The second-order valence-corrected chi connectivity index (χ2v) is 5.77. The minimum absolute atomic E-state index is 0.0447. The summed E-state index contributed by atoms with van der Waals surface area (Å²) in [6.45, 7) is 0.0880.